The van der Waals surface area contributed by atoms with Crippen LogP contribution in [0.25, 0.3) is 22.3 Å². The Morgan fingerprint density at radius 3 is 1.85 bits per heavy atom. The smallest absolute Gasteiger partial charge is 0.201 e. The standard InChI is InChI=1S/C33H38F4O3/c1-3-5-6-7-8-9-19-38-28-18-17-26(30(35)32(28)37)24-13-11-23(12-14-24)25-15-16-27(31(36)29(25)34)33-39-20-22(10-4-2)21-40-33/h11-18,22,33H,3-10,19-21H2,1-2H3. The Kier molecular flexibility index (Phi) is 11.0. The van der Waals surface area contributed by atoms with Crippen LogP contribution in [-0.4, -0.2) is 19.8 Å². The molecule has 216 valence electrons. The largest absolute Gasteiger partial charge is 0.490 e. The van der Waals surface area contributed by atoms with Crippen molar-refractivity contribution in [3.05, 3.63) is 77.4 Å². The van der Waals surface area contributed by atoms with Crippen molar-refractivity contribution in [1.29, 1.82) is 0 Å². The summed E-state index contributed by atoms with van der Waals surface area (Å²) in [5.74, 6) is -3.95. The lowest BCUT2D eigenvalue weighted by Crippen LogP contribution is -2.27. The molecule has 0 aliphatic carbocycles. The molecule has 1 fully saturated rings. The van der Waals surface area contributed by atoms with Crippen molar-refractivity contribution in [3.63, 3.8) is 0 Å². The topological polar surface area (TPSA) is 27.7 Å². The van der Waals surface area contributed by atoms with Crippen molar-refractivity contribution in [3.8, 4) is 28.0 Å². The first-order valence-electron chi connectivity index (χ1n) is 14.4. The van der Waals surface area contributed by atoms with E-state index in [1.807, 2.05) is 0 Å². The highest BCUT2D eigenvalue weighted by atomic mass is 19.2. The first-order chi connectivity index (χ1) is 19.4. The van der Waals surface area contributed by atoms with Gasteiger partial charge in [0.1, 0.15) is 0 Å². The van der Waals surface area contributed by atoms with E-state index in [0.29, 0.717) is 30.9 Å². The Morgan fingerprint density at radius 1 is 0.650 bits per heavy atom. The van der Waals surface area contributed by atoms with Crippen molar-refractivity contribution in [2.75, 3.05) is 19.8 Å². The van der Waals surface area contributed by atoms with E-state index in [1.165, 1.54) is 43.5 Å². The molecule has 0 spiro atoms. The van der Waals surface area contributed by atoms with Crippen molar-refractivity contribution in [2.24, 2.45) is 5.92 Å². The second kappa shape index (κ2) is 14.6. The molecule has 0 aromatic heterocycles. The molecule has 0 bridgehead atoms. The number of hydrogen-bond acceptors (Lipinski definition) is 3. The van der Waals surface area contributed by atoms with Gasteiger partial charge in [0.2, 0.25) is 5.82 Å². The lowest BCUT2D eigenvalue weighted by molar-refractivity contribution is -0.207. The van der Waals surface area contributed by atoms with Gasteiger partial charge in [0.25, 0.3) is 0 Å². The molecule has 4 rings (SSSR count). The van der Waals surface area contributed by atoms with Gasteiger partial charge in [0, 0.05) is 22.6 Å². The number of ether oxygens (including phenoxy) is 3. The molecule has 3 nitrogen and oxygen atoms in total. The Balaban J connectivity index is 1.42. The molecule has 0 amide bonds. The van der Waals surface area contributed by atoms with Gasteiger partial charge in [-0.1, -0.05) is 88.8 Å². The minimum absolute atomic E-state index is 0.0177. The summed E-state index contributed by atoms with van der Waals surface area (Å²) < 4.78 is 76.5. The first kappa shape index (κ1) is 30.1. The van der Waals surface area contributed by atoms with Crippen LogP contribution >= 0.6 is 0 Å². The highest BCUT2D eigenvalue weighted by Crippen LogP contribution is 2.35. The normalized spacial score (nSPS) is 17.2. The summed E-state index contributed by atoms with van der Waals surface area (Å²) in [6.45, 7) is 5.43. The molecule has 7 heteroatoms. The second-order valence-corrected chi connectivity index (χ2v) is 10.4. The molecule has 0 atom stereocenters. The van der Waals surface area contributed by atoms with Crippen LogP contribution in [0.4, 0.5) is 17.6 Å². The van der Waals surface area contributed by atoms with Gasteiger partial charge in [-0.2, -0.15) is 4.39 Å². The third-order valence-electron chi connectivity index (χ3n) is 7.34. The monoisotopic (exact) mass is 558 g/mol. The Morgan fingerprint density at radius 2 is 1.23 bits per heavy atom. The molecule has 0 unspecified atom stereocenters. The highest BCUT2D eigenvalue weighted by Gasteiger charge is 2.27. The zero-order valence-electron chi connectivity index (χ0n) is 23.3. The van der Waals surface area contributed by atoms with Crippen molar-refractivity contribution < 1.29 is 31.8 Å². The van der Waals surface area contributed by atoms with Gasteiger partial charge in [-0.3, -0.25) is 0 Å². The van der Waals surface area contributed by atoms with Crippen LogP contribution in [0.2, 0.25) is 0 Å². The highest BCUT2D eigenvalue weighted by molar-refractivity contribution is 5.71. The fraction of sp³-hybridized carbons (Fsp3) is 0.455. The van der Waals surface area contributed by atoms with E-state index in [2.05, 4.69) is 13.8 Å². The minimum atomic E-state index is -1.04. The fourth-order valence-electron chi connectivity index (χ4n) is 5.03. The van der Waals surface area contributed by atoms with Gasteiger partial charge in [-0.25, -0.2) is 13.2 Å². The average molecular weight is 559 g/mol. The van der Waals surface area contributed by atoms with Crippen molar-refractivity contribution in [2.45, 2.75) is 71.5 Å². The number of hydrogen-bond donors (Lipinski definition) is 0. The summed E-state index contributed by atoms with van der Waals surface area (Å²) >= 11 is 0. The van der Waals surface area contributed by atoms with Crippen LogP contribution in [0, 0.1) is 29.2 Å². The van der Waals surface area contributed by atoms with Crippen LogP contribution in [0.1, 0.15) is 77.1 Å². The van der Waals surface area contributed by atoms with Crippen LogP contribution in [0.15, 0.2) is 48.5 Å². The van der Waals surface area contributed by atoms with Crippen LogP contribution in [-0.2, 0) is 9.47 Å². The number of unbranched alkanes of at least 4 members (excludes halogenated alkanes) is 5. The zero-order chi connectivity index (χ0) is 28.5. The van der Waals surface area contributed by atoms with E-state index in [1.54, 1.807) is 24.3 Å². The summed E-state index contributed by atoms with van der Waals surface area (Å²) in [7, 11) is 0. The number of halogens is 4. The predicted molar refractivity (Wildman–Crippen MR) is 149 cm³/mol. The average Bonchev–Trinajstić information content (AvgIpc) is 2.97. The maximum absolute atomic E-state index is 15.1. The van der Waals surface area contributed by atoms with Crippen LogP contribution in [0.3, 0.4) is 0 Å². The van der Waals surface area contributed by atoms with Crippen LogP contribution in [0.5, 0.6) is 5.75 Å². The van der Waals surface area contributed by atoms with Crippen molar-refractivity contribution in [1.82, 2.24) is 0 Å². The van der Waals surface area contributed by atoms with Gasteiger partial charge in [0.15, 0.2) is 29.5 Å². The second-order valence-electron chi connectivity index (χ2n) is 10.4. The molecule has 0 saturated carbocycles. The molecule has 1 saturated heterocycles. The quantitative estimate of drug-likeness (QED) is 0.154. The van der Waals surface area contributed by atoms with E-state index < -0.39 is 29.6 Å². The lowest BCUT2D eigenvalue weighted by atomic mass is 9.98. The number of benzene rings is 3. The van der Waals surface area contributed by atoms with Gasteiger partial charge in [-0.05, 0) is 36.1 Å². The maximum atomic E-state index is 15.1. The summed E-state index contributed by atoms with van der Waals surface area (Å²) in [4.78, 5) is 0. The lowest BCUT2D eigenvalue weighted by Gasteiger charge is -2.29. The van der Waals surface area contributed by atoms with E-state index in [-0.39, 0.29) is 28.4 Å². The Bertz CT molecular complexity index is 1240. The third kappa shape index (κ3) is 7.24. The predicted octanol–water partition coefficient (Wildman–Crippen LogP) is 9.78. The van der Waals surface area contributed by atoms with E-state index >= 15 is 4.39 Å². The summed E-state index contributed by atoms with van der Waals surface area (Å²) in [6, 6.07) is 12.0. The van der Waals surface area contributed by atoms with E-state index in [9.17, 15) is 13.2 Å². The summed E-state index contributed by atoms with van der Waals surface area (Å²) in [5.41, 5.74) is 0.943. The molecule has 1 aliphatic rings. The molecule has 0 radical (unpaired) electrons. The molecule has 0 N–H and O–H groups in total. The van der Waals surface area contributed by atoms with Gasteiger partial charge in [-0.15, -0.1) is 0 Å². The van der Waals surface area contributed by atoms with Crippen LogP contribution < -0.4 is 4.74 Å². The van der Waals surface area contributed by atoms with Gasteiger partial charge >= 0.3 is 0 Å². The van der Waals surface area contributed by atoms with E-state index in [0.717, 1.165) is 32.1 Å². The van der Waals surface area contributed by atoms with Crippen molar-refractivity contribution >= 4 is 0 Å². The van der Waals surface area contributed by atoms with Gasteiger partial charge in [0.05, 0.1) is 19.8 Å². The first-order valence-corrected chi connectivity index (χ1v) is 14.4. The molecule has 3 aromatic rings. The van der Waals surface area contributed by atoms with E-state index in [4.69, 9.17) is 14.2 Å². The molecule has 3 aromatic carbocycles. The maximum Gasteiger partial charge on any atom is 0.201 e. The molecule has 1 aliphatic heterocycles. The minimum Gasteiger partial charge on any atom is -0.490 e. The summed E-state index contributed by atoms with van der Waals surface area (Å²) in [6.07, 6.45) is 7.42. The molecule has 1 heterocycles. The van der Waals surface area contributed by atoms with Gasteiger partial charge < -0.3 is 14.2 Å². The summed E-state index contributed by atoms with van der Waals surface area (Å²) in [5, 5.41) is 0. The Hall–Kier alpha value is -2.90. The fourth-order valence-corrected chi connectivity index (χ4v) is 5.03. The third-order valence-corrected chi connectivity index (χ3v) is 7.34. The molecular formula is C33H38F4O3. The Labute approximate surface area is 234 Å². The molecule has 40 heavy (non-hydrogen) atoms. The number of rotatable bonds is 13. The zero-order valence-corrected chi connectivity index (χ0v) is 23.3. The molecular weight excluding hydrogens is 520 g/mol. The SMILES string of the molecule is CCCCCCCCOc1ccc(-c2ccc(-c3ccc(C4OCC(CCC)CO4)c(F)c3F)cc2)c(F)c1F.